The van der Waals surface area contributed by atoms with Gasteiger partial charge in [0.1, 0.15) is 11.9 Å². The summed E-state index contributed by atoms with van der Waals surface area (Å²) < 4.78 is 30.4. The van der Waals surface area contributed by atoms with Crippen molar-refractivity contribution in [2.24, 2.45) is 5.41 Å². The SMILES string of the molecule is O=C(CC[C@H]1CN(c2ccc(N3CC4(COC4)C3)c(F)c2)C(=O)O1)c1ccco1. The molecule has 5 rings (SSSR count). The zero-order chi connectivity index (χ0) is 20.0. The number of anilines is 2. The van der Waals surface area contributed by atoms with Crippen molar-refractivity contribution < 1.29 is 27.9 Å². The molecule has 0 bridgehead atoms. The molecular formula is C21H21FN2O5. The van der Waals surface area contributed by atoms with Gasteiger partial charge in [-0.1, -0.05) is 0 Å². The maximum atomic E-state index is 14.7. The molecule has 0 unspecified atom stereocenters. The third-order valence-electron chi connectivity index (χ3n) is 5.82. The van der Waals surface area contributed by atoms with E-state index < -0.39 is 12.2 Å². The smallest absolute Gasteiger partial charge is 0.414 e. The highest BCUT2D eigenvalue weighted by Gasteiger charge is 2.49. The number of cyclic esters (lactones) is 1. The lowest BCUT2D eigenvalue weighted by molar-refractivity contribution is -0.127. The molecule has 1 spiro atoms. The van der Waals surface area contributed by atoms with Crippen molar-refractivity contribution in [1.29, 1.82) is 0 Å². The largest absolute Gasteiger partial charge is 0.461 e. The second kappa shape index (κ2) is 6.88. The van der Waals surface area contributed by atoms with Crippen LogP contribution < -0.4 is 9.80 Å². The molecule has 0 aliphatic carbocycles. The Kier molecular flexibility index (Phi) is 4.31. The first-order chi connectivity index (χ1) is 14.0. The van der Waals surface area contributed by atoms with Gasteiger partial charge in [-0.2, -0.15) is 0 Å². The first-order valence-electron chi connectivity index (χ1n) is 9.70. The van der Waals surface area contributed by atoms with E-state index in [0.717, 1.165) is 26.3 Å². The van der Waals surface area contributed by atoms with Crippen molar-refractivity contribution in [3.8, 4) is 0 Å². The number of hydrogen-bond acceptors (Lipinski definition) is 6. The fraction of sp³-hybridized carbons (Fsp3) is 0.429. The molecule has 3 aliphatic rings. The predicted octanol–water partition coefficient (Wildman–Crippen LogP) is 3.24. The highest BCUT2D eigenvalue weighted by atomic mass is 19.1. The van der Waals surface area contributed by atoms with Gasteiger partial charge < -0.3 is 18.8 Å². The van der Waals surface area contributed by atoms with E-state index in [1.54, 1.807) is 24.3 Å². The Hall–Kier alpha value is -2.87. The molecule has 4 heterocycles. The fourth-order valence-electron chi connectivity index (χ4n) is 4.16. The van der Waals surface area contributed by atoms with Gasteiger partial charge >= 0.3 is 6.09 Å². The van der Waals surface area contributed by atoms with Crippen LogP contribution in [-0.2, 0) is 9.47 Å². The molecule has 3 saturated heterocycles. The van der Waals surface area contributed by atoms with Crippen molar-refractivity contribution in [2.75, 3.05) is 42.6 Å². The van der Waals surface area contributed by atoms with Crippen LogP contribution in [0.4, 0.5) is 20.6 Å². The van der Waals surface area contributed by atoms with E-state index in [0.29, 0.717) is 23.6 Å². The summed E-state index contributed by atoms with van der Waals surface area (Å²) in [5, 5.41) is 0. The third-order valence-corrected chi connectivity index (χ3v) is 5.82. The molecule has 8 heteroatoms. The summed E-state index contributed by atoms with van der Waals surface area (Å²) in [6.45, 7) is 3.36. The number of hydrogen-bond donors (Lipinski definition) is 0. The minimum absolute atomic E-state index is 0.135. The van der Waals surface area contributed by atoms with Gasteiger partial charge in [0, 0.05) is 19.5 Å². The maximum absolute atomic E-state index is 14.7. The summed E-state index contributed by atoms with van der Waals surface area (Å²) in [5.41, 5.74) is 1.20. The maximum Gasteiger partial charge on any atom is 0.414 e. The number of carbonyl (C=O) groups is 2. The molecule has 3 fully saturated rings. The van der Waals surface area contributed by atoms with Gasteiger partial charge in [-0.05, 0) is 36.8 Å². The quantitative estimate of drug-likeness (QED) is 0.694. The lowest BCUT2D eigenvalue weighted by Gasteiger charge is -2.56. The standard InChI is InChI=1S/C21H21FN2O5/c22-16-8-14(3-5-17(16)23-10-21(11-23)12-27-13-21)24-9-15(29-20(24)26)4-6-18(25)19-2-1-7-28-19/h1-3,5,7-8,15H,4,6,9-13H2/t15-/m0/s1. The number of rotatable bonds is 6. The Labute approximate surface area is 167 Å². The Morgan fingerprint density at radius 1 is 1.24 bits per heavy atom. The Morgan fingerprint density at radius 2 is 2.07 bits per heavy atom. The average molecular weight is 400 g/mol. The third kappa shape index (κ3) is 3.27. The Morgan fingerprint density at radius 3 is 2.72 bits per heavy atom. The zero-order valence-electron chi connectivity index (χ0n) is 15.8. The van der Waals surface area contributed by atoms with Gasteiger partial charge in [-0.15, -0.1) is 0 Å². The number of halogens is 1. The Balaban J connectivity index is 1.20. The number of Topliss-reactive ketones (excluding diaryl/α,β-unsaturated/α-hetero) is 1. The minimum Gasteiger partial charge on any atom is -0.461 e. The average Bonchev–Trinajstić information content (AvgIpc) is 3.28. The van der Waals surface area contributed by atoms with Gasteiger partial charge in [0.15, 0.2) is 11.5 Å². The van der Waals surface area contributed by atoms with Crippen LogP contribution in [0.3, 0.4) is 0 Å². The van der Waals surface area contributed by atoms with E-state index in [2.05, 4.69) is 0 Å². The van der Waals surface area contributed by atoms with E-state index in [1.165, 1.54) is 17.2 Å². The number of furan rings is 1. The van der Waals surface area contributed by atoms with Crippen LogP contribution in [-0.4, -0.2) is 50.8 Å². The molecule has 0 N–H and O–H groups in total. The monoisotopic (exact) mass is 400 g/mol. The van der Waals surface area contributed by atoms with Crippen LogP contribution in [0.15, 0.2) is 41.0 Å². The lowest BCUT2D eigenvalue weighted by Crippen LogP contribution is -2.66. The number of carbonyl (C=O) groups excluding carboxylic acids is 2. The van der Waals surface area contributed by atoms with Crippen LogP contribution in [0.25, 0.3) is 0 Å². The van der Waals surface area contributed by atoms with E-state index in [-0.39, 0.29) is 30.0 Å². The van der Waals surface area contributed by atoms with Crippen molar-refractivity contribution in [3.05, 3.63) is 48.2 Å². The van der Waals surface area contributed by atoms with Crippen molar-refractivity contribution in [1.82, 2.24) is 0 Å². The molecule has 0 radical (unpaired) electrons. The number of benzene rings is 1. The van der Waals surface area contributed by atoms with Crippen molar-refractivity contribution in [3.63, 3.8) is 0 Å². The minimum atomic E-state index is -0.526. The molecular weight excluding hydrogens is 379 g/mol. The summed E-state index contributed by atoms with van der Waals surface area (Å²) in [4.78, 5) is 27.7. The van der Waals surface area contributed by atoms with Crippen LogP contribution in [0.5, 0.6) is 0 Å². The number of ketones is 1. The second-order valence-corrected chi connectivity index (χ2v) is 8.04. The van der Waals surface area contributed by atoms with Crippen molar-refractivity contribution in [2.45, 2.75) is 18.9 Å². The number of ether oxygens (including phenoxy) is 2. The molecule has 1 aromatic heterocycles. The van der Waals surface area contributed by atoms with Gasteiger partial charge in [0.05, 0.1) is 42.8 Å². The molecule has 1 amide bonds. The molecule has 29 heavy (non-hydrogen) atoms. The Bertz CT molecular complexity index is 933. The van der Waals surface area contributed by atoms with Gasteiger partial charge in [0.2, 0.25) is 0 Å². The molecule has 1 aromatic carbocycles. The highest BCUT2D eigenvalue weighted by molar-refractivity contribution is 5.93. The number of nitrogens with zero attached hydrogens (tertiary/aromatic N) is 2. The summed E-state index contributed by atoms with van der Waals surface area (Å²) >= 11 is 0. The zero-order valence-corrected chi connectivity index (χ0v) is 15.8. The summed E-state index contributed by atoms with van der Waals surface area (Å²) in [6, 6.07) is 8.08. The lowest BCUT2D eigenvalue weighted by atomic mass is 9.78. The van der Waals surface area contributed by atoms with Gasteiger partial charge in [-0.3, -0.25) is 9.69 Å². The van der Waals surface area contributed by atoms with Crippen LogP contribution in [0.1, 0.15) is 23.4 Å². The van der Waals surface area contributed by atoms with Gasteiger partial charge in [0.25, 0.3) is 0 Å². The summed E-state index contributed by atoms with van der Waals surface area (Å²) in [7, 11) is 0. The predicted molar refractivity (Wildman–Crippen MR) is 102 cm³/mol. The second-order valence-electron chi connectivity index (χ2n) is 8.04. The topological polar surface area (TPSA) is 72.2 Å². The van der Waals surface area contributed by atoms with Crippen LogP contribution >= 0.6 is 0 Å². The molecule has 152 valence electrons. The molecule has 3 aliphatic heterocycles. The highest BCUT2D eigenvalue weighted by Crippen LogP contribution is 2.41. The van der Waals surface area contributed by atoms with Crippen LogP contribution in [0, 0.1) is 11.2 Å². The van der Waals surface area contributed by atoms with Crippen molar-refractivity contribution >= 4 is 23.3 Å². The normalized spacial score (nSPS) is 22.4. The van der Waals surface area contributed by atoms with E-state index in [9.17, 15) is 14.0 Å². The molecule has 1 atom stereocenters. The first-order valence-corrected chi connectivity index (χ1v) is 9.70. The first kappa shape index (κ1) is 18.2. The van der Waals surface area contributed by atoms with Gasteiger partial charge in [-0.25, -0.2) is 9.18 Å². The fourth-order valence-corrected chi connectivity index (χ4v) is 4.16. The molecule has 2 aromatic rings. The van der Waals surface area contributed by atoms with E-state index >= 15 is 0 Å². The van der Waals surface area contributed by atoms with E-state index in [1.807, 2.05) is 4.90 Å². The summed E-state index contributed by atoms with van der Waals surface area (Å²) in [6.07, 6.45) is 1.11. The molecule has 0 saturated carbocycles. The summed E-state index contributed by atoms with van der Waals surface area (Å²) in [5.74, 6) is -0.198. The van der Waals surface area contributed by atoms with Crippen LogP contribution in [0.2, 0.25) is 0 Å². The van der Waals surface area contributed by atoms with E-state index in [4.69, 9.17) is 13.9 Å². The molecule has 7 nitrogen and oxygen atoms in total. The number of amides is 1.